The third-order valence-electron chi connectivity index (χ3n) is 5.33. The van der Waals surface area contributed by atoms with Gasteiger partial charge in [-0.25, -0.2) is 9.97 Å². The van der Waals surface area contributed by atoms with Crippen molar-refractivity contribution in [3.8, 4) is 22.8 Å². The second kappa shape index (κ2) is 8.02. The Morgan fingerprint density at radius 2 is 1.67 bits per heavy atom. The highest BCUT2D eigenvalue weighted by Gasteiger charge is 2.16. The van der Waals surface area contributed by atoms with Crippen molar-refractivity contribution in [2.24, 2.45) is 0 Å². The van der Waals surface area contributed by atoms with Crippen LogP contribution in [-0.4, -0.2) is 42.2 Å². The molecular formula is C23H22N4O3. The van der Waals surface area contributed by atoms with Crippen LogP contribution in [0.5, 0.6) is 11.5 Å². The lowest BCUT2D eigenvalue weighted by molar-refractivity contribution is 0.102. The van der Waals surface area contributed by atoms with Gasteiger partial charge in [0.1, 0.15) is 25.4 Å². The molecule has 152 valence electrons. The molecule has 30 heavy (non-hydrogen) atoms. The van der Waals surface area contributed by atoms with Crippen molar-refractivity contribution in [2.45, 2.75) is 12.8 Å². The van der Waals surface area contributed by atoms with E-state index in [1.807, 2.05) is 18.2 Å². The van der Waals surface area contributed by atoms with Gasteiger partial charge in [0, 0.05) is 42.0 Å². The van der Waals surface area contributed by atoms with Crippen LogP contribution in [-0.2, 0) is 0 Å². The van der Waals surface area contributed by atoms with Gasteiger partial charge in [-0.2, -0.15) is 0 Å². The first-order valence-electron chi connectivity index (χ1n) is 10.1. The molecule has 1 fully saturated rings. The maximum absolute atomic E-state index is 12.6. The van der Waals surface area contributed by atoms with E-state index in [9.17, 15) is 4.79 Å². The van der Waals surface area contributed by atoms with Crippen molar-refractivity contribution < 1.29 is 14.3 Å². The Labute approximate surface area is 174 Å². The number of amides is 1. The maximum Gasteiger partial charge on any atom is 0.255 e. The van der Waals surface area contributed by atoms with E-state index in [0.717, 1.165) is 30.2 Å². The topological polar surface area (TPSA) is 76.6 Å². The van der Waals surface area contributed by atoms with E-state index in [1.165, 1.54) is 12.8 Å². The Kier molecular flexibility index (Phi) is 4.93. The fourth-order valence-corrected chi connectivity index (χ4v) is 3.74. The lowest BCUT2D eigenvalue weighted by Gasteiger charge is -2.19. The molecule has 0 radical (unpaired) electrons. The number of nitrogens with zero attached hydrogens (tertiary/aromatic N) is 3. The Morgan fingerprint density at radius 1 is 0.900 bits per heavy atom. The molecule has 0 atom stereocenters. The average molecular weight is 402 g/mol. The van der Waals surface area contributed by atoms with Gasteiger partial charge in [0.2, 0.25) is 0 Å². The largest absolute Gasteiger partial charge is 0.486 e. The summed E-state index contributed by atoms with van der Waals surface area (Å²) in [5, 5.41) is 2.91. The highest BCUT2D eigenvalue weighted by Crippen LogP contribution is 2.32. The van der Waals surface area contributed by atoms with Crippen LogP contribution >= 0.6 is 0 Å². The van der Waals surface area contributed by atoms with Crippen molar-refractivity contribution >= 4 is 17.4 Å². The predicted octanol–water partition coefficient (Wildman–Crippen LogP) is 3.77. The standard InChI is InChI=1S/C23H22N4O3/c28-23(26-18-7-8-20-21(13-18)30-12-11-29-20)17-5-3-16(4-6-17)19-14-22(25-15-24-19)27-9-1-2-10-27/h3-8,13-15H,1-2,9-12H2,(H,26,28). The summed E-state index contributed by atoms with van der Waals surface area (Å²) in [7, 11) is 0. The zero-order chi connectivity index (χ0) is 20.3. The number of carbonyl (C=O) groups is 1. The number of fused-ring (bicyclic) bond motifs is 1. The first-order valence-corrected chi connectivity index (χ1v) is 10.1. The number of hydrogen-bond acceptors (Lipinski definition) is 6. The van der Waals surface area contributed by atoms with Crippen molar-refractivity contribution in [3.05, 3.63) is 60.4 Å². The fraction of sp³-hybridized carbons (Fsp3) is 0.261. The zero-order valence-electron chi connectivity index (χ0n) is 16.5. The van der Waals surface area contributed by atoms with E-state index in [2.05, 4.69) is 20.2 Å². The molecule has 3 heterocycles. The number of rotatable bonds is 4. The van der Waals surface area contributed by atoms with Crippen LogP contribution in [0.1, 0.15) is 23.2 Å². The Balaban J connectivity index is 1.30. The van der Waals surface area contributed by atoms with Crippen molar-refractivity contribution in [2.75, 3.05) is 36.5 Å². The van der Waals surface area contributed by atoms with Gasteiger partial charge in [0.05, 0.1) is 5.69 Å². The zero-order valence-corrected chi connectivity index (χ0v) is 16.5. The molecule has 1 saturated heterocycles. The van der Waals surface area contributed by atoms with Crippen molar-refractivity contribution in [1.82, 2.24) is 9.97 Å². The Morgan fingerprint density at radius 3 is 2.47 bits per heavy atom. The Bertz CT molecular complexity index is 1060. The number of anilines is 2. The van der Waals surface area contributed by atoms with Gasteiger partial charge in [-0.3, -0.25) is 4.79 Å². The third kappa shape index (κ3) is 3.78. The van der Waals surface area contributed by atoms with E-state index in [1.54, 1.807) is 36.7 Å². The van der Waals surface area contributed by atoms with Crippen LogP contribution in [0, 0.1) is 0 Å². The monoisotopic (exact) mass is 402 g/mol. The predicted molar refractivity (Wildman–Crippen MR) is 114 cm³/mol. The molecular weight excluding hydrogens is 380 g/mol. The lowest BCUT2D eigenvalue weighted by atomic mass is 10.1. The second-order valence-electron chi connectivity index (χ2n) is 7.35. The van der Waals surface area contributed by atoms with Gasteiger partial charge < -0.3 is 19.7 Å². The number of nitrogens with one attached hydrogen (secondary N) is 1. The molecule has 2 aliphatic heterocycles. The van der Waals surface area contributed by atoms with Crippen LogP contribution < -0.4 is 19.7 Å². The summed E-state index contributed by atoms with van der Waals surface area (Å²) in [5.41, 5.74) is 3.04. The van der Waals surface area contributed by atoms with Crippen LogP contribution in [0.3, 0.4) is 0 Å². The molecule has 5 rings (SSSR count). The minimum absolute atomic E-state index is 0.182. The molecule has 0 unspecified atom stereocenters. The van der Waals surface area contributed by atoms with Crippen LogP contribution in [0.15, 0.2) is 54.9 Å². The summed E-state index contributed by atoms with van der Waals surface area (Å²) >= 11 is 0. The smallest absolute Gasteiger partial charge is 0.255 e. The first-order chi connectivity index (χ1) is 14.8. The molecule has 0 aliphatic carbocycles. The summed E-state index contributed by atoms with van der Waals surface area (Å²) in [6.45, 7) is 3.12. The summed E-state index contributed by atoms with van der Waals surface area (Å²) in [5.74, 6) is 2.12. The van der Waals surface area contributed by atoms with Gasteiger partial charge in [0.15, 0.2) is 11.5 Å². The number of hydrogen-bond donors (Lipinski definition) is 1. The Hall–Kier alpha value is -3.61. The van der Waals surface area contributed by atoms with E-state index < -0.39 is 0 Å². The molecule has 3 aromatic rings. The minimum atomic E-state index is -0.182. The molecule has 0 saturated carbocycles. The lowest BCUT2D eigenvalue weighted by Crippen LogP contribution is -2.19. The molecule has 1 amide bonds. The SMILES string of the molecule is O=C(Nc1ccc2c(c1)OCCO2)c1ccc(-c2cc(N3CCCC3)ncn2)cc1. The fourth-order valence-electron chi connectivity index (χ4n) is 3.74. The van der Waals surface area contributed by atoms with Gasteiger partial charge in [0.25, 0.3) is 5.91 Å². The van der Waals surface area contributed by atoms with E-state index in [-0.39, 0.29) is 5.91 Å². The van der Waals surface area contributed by atoms with Crippen molar-refractivity contribution in [3.63, 3.8) is 0 Å². The van der Waals surface area contributed by atoms with E-state index in [4.69, 9.17) is 9.47 Å². The van der Waals surface area contributed by atoms with Crippen LogP contribution in [0.4, 0.5) is 11.5 Å². The number of carbonyl (C=O) groups excluding carboxylic acids is 1. The molecule has 0 bridgehead atoms. The summed E-state index contributed by atoms with van der Waals surface area (Å²) in [4.78, 5) is 23.7. The number of benzene rings is 2. The average Bonchev–Trinajstić information content (AvgIpc) is 3.34. The maximum atomic E-state index is 12.6. The van der Waals surface area contributed by atoms with Crippen LogP contribution in [0.2, 0.25) is 0 Å². The molecule has 1 N–H and O–H groups in total. The highest BCUT2D eigenvalue weighted by atomic mass is 16.6. The molecule has 2 aliphatic rings. The summed E-state index contributed by atoms with van der Waals surface area (Å²) in [6, 6.07) is 14.8. The van der Waals surface area contributed by atoms with Gasteiger partial charge >= 0.3 is 0 Å². The first kappa shape index (κ1) is 18.4. The molecule has 7 heteroatoms. The second-order valence-corrected chi connectivity index (χ2v) is 7.35. The highest BCUT2D eigenvalue weighted by molar-refractivity contribution is 6.04. The third-order valence-corrected chi connectivity index (χ3v) is 5.33. The molecule has 1 aromatic heterocycles. The van der Waals surface area contributed by atoms with Gasteiger partial charge in [-0.15, -0.1) is 0 Å². The number of aromatic nitrogens is 2. The van der Waals surface area contributed by atoms with E-state index in [0.29, 0.717) is 36.0 Å². The molecule has 0 spiro atoms. The normalized spacial score (nSPS) is 15.1. The molecule has 2 aromatic carbocycles. The number of ether oxygens (including phenoxy) is 2. The van der Waals surface area contributed by atoms with Gasteiger partial charge in [-0.1, -0.05) is 12.1 Å². The summed E-state index contributed by atoms with van der Waals surface area (Å²) in [6.07, 6.45) is 4.00. The molecule has 7 nitrogen and oxygen atoms in total. The minimum Gasteiger partial charge on any atom is -0.486 e. The van der Waals surface area contributed by atoms with E-state index >= 15 is 0 Å². The summed E-state index contributed by atoms with van der Waals surface area (Å²) < 4.78 is 11.1. The quantitative estimate of drug-likeness (QED) is 0.716. The van der Waals surface area contributed by atoms with Crippen molar-refractivity contribution in [1.29, 1.82) is 0 Å². The van der Waals surface area contributed by atoms with Crippen LogP contribution in [0.25, 0.3) is 11.3 Å². The van der Waals surface area contributed by atoms with Gasteiger partial charge in [-0.05, 0) is 37.1 Å².